The largest absolute Gasteiger partial charge is 0.497 e. The van der Waals surface area contributed by atoms with Crippen LogP contribution in [0.2, 0.25) is 0 Å². The highest BCUT2D eigenvalue weighted by Crippen LogP contribution is 2.16. The molecular formula is C18H22N2O3. The van der Waals surface area contributed by atoms with Gasteiger partial charge in [0.2, 0.25) is 0 Å². The van der Waals surface area contributed by atoms with E-state index in [2.05, 4.69) is 17.6 Å². The van der Waals surface area contributed by atoms with Crippen molar-refractivity contribution in [3.05, 3.63) is 53.6 Å². The molecule has 122 valence electrons. The molecule has 5 nitrogen and oxygen atoms in total. The van der Waals surface area contributed by atoms with Crippen molar-refractivity contribution in [3.63, 3.8) is 0 Å². The number of carbonyl (C=O) groups is 1. The van der Waals surface area contributed by atoms with Crippen molar-refractivity contribution < 1.29 is 14.3 Å². The van der Waals surface area contributed by atoms with Gasteiger partial charge in [-0.15, -0.1) is 0 Å². The molecule has 0 fully saturated rings. The smallest absolute Gasteiger partial charge is 0.319 e. The predicted octanol–water partition coefficient (Wildman–Crippen LogP) is 3.51. The van der Waals surface area contributed by atoms with E-state index in [1.807, 2.05) is 25.1 Å². The molecule has 2 aromatic rings. The number of carbonyl (C=O) groups excluding carboxylic acids is 1. The normalized spacial score (nSPS) is 10.0. The molecule has 2 rings (SSSR count). The van der Waals surface area contributed by atoms with E-state index in [9.17, 15) is 4.79 Å². The average molecular weight is 314 g/mol. The number of aryl methyl sites for hydroxylation is 2. The minimum absolute atomic E-state index is 0.265. The first-order valence-electron chi connectivity index (χ1n) is 7.47. The first kappa shape index (κ1) is 16.7. The zero-order valence-corrected chi connectivity index (χ0v) is 13.7. The molecule has 0 aliphatic rings. The van der Waals surface area contributed by atoms with Crippen LogP contribution in [0.4, 0.5) is 10.5 Å². The molecule has 2 N–H and O–H groups in total. The molecule has 0 spiro atoms. The van der Waals surface area contributed by atoms with E-state index in [0.717, 1.165) is 11.5 Å². The van der Waals surface area contributed by atoms with Gasteiger partial charge in [0.05, 0.1) is 13.7 Å². The lowest BCUT2D eigenvalue weighted by molar-refractivity contribution is 0.247. The van der Waals surface area contributed by atoms with E-state index < -0.39 is 0 Å². The van der Waals surface area contributed by atoms with Crippen LogP contribution in [0.15, 0.2) is 42.5 Å². The third-order valence-corrected chi connectivity index (χ3v) is 3.48. The highest BCUT2D eigenvalue weighted by molar-refractivity contribution is 5.89. The van der Waals surface area contributed by atoms with Gasteiger partial charge in [-0.3, -0.25) is 0 Å². The fourth-order valence-corrected chi connectivity index (χ4v) is 1.99. The summed E-state index contributed by atoms with van der Waals surface area (Å²) < 4.78 is 10.7. The summed E-state index contributed by atoms with van der Waals surface area (Å²) in [5.41, 5.74) is 3.13. The van der Waals surface area contributed by atoms with E-state index in [1.54, 1.807) is 31.4 Å². The summed E-state index contributed by atoms with van der Waals surface area (Å²) in [7, 11) is 1.60. The Labute approximate surface area is 136 Å². The highest BCUT2D eigenvalue weighted by Gasteiger charge is 2.02. The fourth-order valence-electron chi connectivity index (χ4n) is 1.99. The number of hydrogen-bond acceptors (Lipinski definition) is 3. The van der Waals surface area contributed by atoms with Crippen LogP contribution >= 0.6 is 0 Å². The molecule has 2 aromatic carbocycles. The number of rotatable bonds is 6. The quantitative estimate of drug-likeness (QED) is 0.802. The molecule has 0 saturated carbocycles. The number of benzene rings is 2. The van der Waals surface area contributed by atoms with Gasteiger partial charge in [-0.1, -0.05) is 6.07 Å². The van der Waals surface area contributed by atoms with Crippen molar-refractivity contribution in [2.45, 2.75) is 13.8 Å². The third kappa shape index (κ3) is 5.21. The van der Waals surface area contributed by atoms with Crippen LogP contribution in [0.3, 0.4) is 0 Å². The first-order valence-corrected chi connectivity index (χ1v) is 7.47. The zero-order chi connectivity index (χ0) is 16.7. The molecule has 0 aliphatic heterocycles. The molecule has 0 aromatic heterocycles. The molecule has 2 amide bonds. The Morgan fingerprint density at radius 1 is 1.00 bits per heavy atom. The van der Waals surface area contributed by atoms with Crippen molar-refractivity contribution in [1.29, 1.82) is 0 Å². The minimum atomic E-state index is -0.265. The lowest BCUT2D eigenvalue weighted by Crippen LogP contribution is -2.32. The van der Waals surface area contributed by atoms with Crippen LogP contribution in [-0.2, 0) is 0 Å². The summed E-state index contributed by atoms with van der Waals surface area (Å²) in [5, 5.41) is 5.50. The van der Waals surface area contributed by atoms with Gasteiger partial charge in [0.1, 0.15) is 18.1 Å². The number of ether oxygens (including phenoxy) is 2. The minimum Gasteiger partial charge on any atom is -0.497 e. The maximum absolute atomic E-state index is 11.8. The molecule has 0 bridgehead atoms. The molecule has 0 radical (unpaired) electrons. The number of amides is 2. The van der Waals surface area contributed by atoms with Crippen LogP contribution in [-0.4, -0.2) is 26.3 Å². The van der Waals surface area contributed by atoms with Crippen molar-refractivity contribution in [3.8, 4) is 11.5 Å². The second-order valence-corrected chi connectivity index (χ2v) is 5.20. The first-order chi connectivity index (χ1) is 11.1. The van der Waals surface area contributed by atoms with Crippen LogP contribution in [0, 0.1) is 13.8 Å². The maximum Gasteiger partial charge on any atom is 0.319 e. The van der Waals surface area contributed by atoms with Crippen LogP contribution in [0.1, 0.15) is 11.1 Å². The fraction of sp³-hybridized carbons (Fsp3) is 0.278. The number of methoxy groups -OCH3 is 1. The monoisotopic (exact) mass is 314 g/mol. The topological polar surface area (TPSA) is 59.6 Å². The van der Waals surface area contributed by atoms with E-state index in [4.69, 9.17) is 9.47 Å². The Morgan fingerprint density at radius 2 is 1.70 bits per heavy atom. The second kappa shape index (κ2) is 8.08. The van der Waals surface area contributed by atoms with Gasteiger partial charge >= 0.3 is 6.03 Å². The van der Waals surface area contributed by atoms with Gasteiger partial charge in [0.25, 0.3) is 0 Å². The zero-order valence-electron chi connectivity index (χ0n) is 13.7. The molecule has 0 heterocycles. The van der Waals surface area contributed by atoms with Crippen molar-refractivity contribution in [2.24, 2.45) is 0 Å². The summed E-state index contributed by atoms with van der Waals surface area (Å²) in [5.74, 6) is 1.56. The lowest BCUT2D eigenvalue weighted by Gasteiger charge is -2.10. The van der Waals surface area contributed by atoms with E-state index in [0.29, 0.717) is 18.8 Å². The van der Waals surface area contributed by atoms with Crippen LogP contribution < -0.4 is 20.1 Å². The summed E-state index contributed by atoms with van der Waals surface area (Å²) in [6.07, 6.45) is 0. The molecule has 0 unspecified atom stereocenters. The summed E-state index contributed by atoms with van der Waals surface area (Å²) in [6.45, 7) is 4.94. The Balaban J connectivity index is 1.70. The van der Waals surface area contributed by atoms with E-state index >= 15 is 0 Å². The SMILES string of the molecule is COc1ccc(NC(=O)NCCOc2ccc(C)c(C)c2)cc1. The van der Waals surface area contributed by atoms with Crippen molar-refractivity contribution in [2.75, 3.05) is 25.6 Å². The summed E-state index contributed by atoms with van der Waals surface area (Å²) >= 11 is 0. The van der Waals surface area contributed by atoms with Gasteiger partial charge in [-0.2, -0.15) is 0 Å². The lowest BCUT2D eigenvalue weighted by atomic mass is 10.1. The van der Waals surface area contributed by atoms with E-state index in [1.165, 1.54) is 11.1 Å². The molecule has 0 saturated heterocycles. The van der Waals surface area contributed by atoms with E-state index in [-0.39, 0.29) is 6.03 Å². The molecule has 0 aliphatic carbocycles. The maximum atomic E-state index is 11.8. The second-order valence-electron chi connectivity index (χ2n) is 5.20. The Kier molecular flexibility index (Phi) is 5.86. The predicted molar refractivity (Wildman–Crippen MR) is 91.4 cm³/mol. The highest BCUT2D eigenvalue weighted by atomic mass is 16.5. The Bertz CT molecular complexity index is 654. The van der Waals surface area contributed by atoms with Crippen molar-refractivity contribution >= 4 is 11.7 Å². The third-order valence-electron chi connectivity index (χ3n) is 3.48. The molecule has 5 heteroatoms. The summed E-state index contributed by atoms with van der Waals surface area (Å²) in [6, 6.07) is 12.8. The average Bonchev–Trinajstić information content (AvgIpc) is 2.55. The van der Waals surface area contributed by atoms with Crippen molar-refractivity contribution in [1.82, 2.24) is 5.32 Å². The summed E-state index contributed by atoms with van der Waals surface area (Å²) in [4.78, 5) is 11.8. The van der Waals surface area contributed by atoms with Gasteiger partial charge < -0.3 is 20.1 Å². The van der Waals surface area contributed by atoms with Gasteiger partial charge in [-0.25, -0.2) is 4.79 Å². The van der Waals surface area contributed by atoms with Gasteiger partial charge in [0, 0.05) is 5.69 Å². The molecule has 0 atom stereocenters. The Morgan fingerprint density at radius 3 is 2.35 bits per heavy atom. The number of hydrogen-bond donors (Lipinski definition) is 2. The van der Waals surface area contributed by atoms with Crippen LogP contribution in [0.5, 0.6) is 11.5 Å². The van der Waals surface area contributed by atoms with Gasteiger partial charge in [-0.05, 0) is 61.4 Å². The standard InChI is InChI=1S/C18H22N2O3/c1-13-4-7-17(12-14(13)2)23-11-10-19-18(21)20-15-5-8-16(22-3)9-6-15/h4-9,12H,10-11H2,1-3H3,(H2,19,20,21). The number of urea groups is 1. The van der Waals surface area contributed by atoms with Gasteiger partial charge in [0.15, 0.2) is 0 Å². The molecular weight excluding hydrogens is 292 g/mol. The Hall–Kier alpha value is -2.69. The molecule has 23 heavy (non-hydrogen) atoms. The van der Waals surface area contributed by atoms with Crippen LogP contribution in [0.25, 0.3) is 0 Å². The number of nitrogens with one attached hydrogen (secondary N) is 2. The number of anilines is 1.